The van der Waals surface area contributed by atoms with Gasteiger partial charge in [-0.3, -0.25) is 14.5 Å². The summed E-state index contributed by atoms with van der Waals surface area (Å²) in [5, 5.41) is 12.1. The number of carboxylic acid groups (broad SMARTS) is 1. The third-order valence-electron chi connectivity index (χ3n) is 4.00. The topological polar surface area (TPSA) is 69.6 Å². The molecule has 1 atom stereocenters. The van der Waals surface area contributed by atoms with Crippen LogP contribution < -0.4 is 5.32 Å². The maximum absolute atomic E-state index is 11.3. The van der Waals surface area contributed by atoms with Crippen LogP contribution in [0.5, 0.6) is 0 Å². The number of carbonyl (C=O) groups excluding carboxylic acids is 1. The van der Waals surface area contributed by atoms with Crippen molar-refractivity contribution in [3.05, 3.63) is 0 Å². The van der Waals surface area contributed by atoms with Crippen molar-refractivity contribution in [3.8, 4) is 0 Å². The van der Waals surface area contributed by atoms with Crippen LogP contribution in [0.4, 0.5) is 0 Å². The normalized spacial score (nSPS) is 23.6. The zero-order valence-corrected chi connectivity index (χ0v) is 10.9. The van der Waals surface area contributed by atoms with Gasteiger partial charge >= 0.3 is 5.97 Å². The molecule has 0 spiro atoms. The fraction of sp³-hybridized carbons (Fsp3) is 0.846. The third-order valence-corrected chi connectivity index (χ3v) is 4.00. The van der Waals surface area contributed by atoms with E-state index in [0.29, 0.717) is 11.8 Å². The standard InChI is InChI=1S/C13H22N2O3/c1-9(16)14-8-10-4-6-15(7-5-10)12(13(17)18)11-2-3-11/h10-12H,2-8H2,1H3,(H,14,16)(H,17,18). The number of likely N-dealkylation sites (tertiary alicyclic amines) is 1. The van der Waals surface area contributed by atoms with E-state index in [-0.39, 0.29) is 11.9 Å². The number of hydrogen-bond acceptors (Lipinski definition) is 3. The van der Waals surface area contributed by atoms with Gasteiger partial charge in [-0.2, -0.15) is 0 Å². The second kappa shape index (κ2) is 5.69. The SMILES string of the molecule is CC(=O)NCC1CCN(C(C(=O)O)C2CC2)CC1. The van der Waals surface area contributed by atoms with Gasteiger partial charge in [0.15, 0.2) is 0 Å². The maximum Gasteiger partial charge on any atom is 0.321 e. The van der Waals surface area contributed by atoms with Crippen LogP contribution in [0.25, 0.3) is 0 Å². The molecule has 5 nitrogen and oxygen atoms in total. The summed E-state index contributed by atoms with van der Waals surface area (Å²) in [6.07, 6.45) is 4.08. The molecule has 0 aromatic heterocycles. The van der Waals surface area contributed by atoms with Crippen LogP contribution >= 0.6 is 0 Å². The molecule has 2 rings (SSSR count). The smallest absolute Gasteiger partial charge is 0.321 e. The third kappa shape index (κ3) is 3.45. The molecule has 1 unspecified atom stereocenters. The molecule has 18 heavy (non-hydrogen) atoms. The van der Waals surface area contributed by atoms with E-state index < -0.39 is 5.97 Å². The Balaban J connectivity index is 1.78. The zero-order valence-electron chi connectivity index (χ0n) is 10.9. The monoisotopic (exact) mass is 254 g/mol. The zero-order chi connectivity index (χ0) is 13.1. The first-order valence-corrected chi connectivity index (χ1v) is 6.79. The fourth-order valence-corrected chi connectivity index (χ4v) is 2.79. The van der Waals surface area contributed by atoms with Gasteiger partial charge in [0.2, 0.25) is 5.91 Å². The summed E-state index contributed by atoms with van der Waals surface area (Å²) in [4.78, 5) is 24.2. The lowest BCUT2D eigenvalue weighted by atomic mass is 9.95. The summed E-state index contributed by atoms with van der Waals surface area (Å²) < 4.78 is 0. The average molecular weight is 254 g/mol. The Morgan fingerprint density at radius 3 is 2.33 bits per heavy atom. The van der Waals surface area contributed by atoms with Crippen LogP contribution in [-0.2, 0) is 9.59 Å². The van der Waals surface area contributed by atoms with Crippen molar-refractivity contribution in [2.75, 3.05) is 19.6 Å². The van der Waals surface area contributed by atoms with Gasteiger partial charge in [-0.1, -0.05) is 0 Å². The molecule has 1 heterocycles. The summed E-state index contributed by atoms with van der Waals surface area (Å²) in [7, 11) is 0. The molecule has 1 saturated carbocycles. The number of rotatable bonds is 5. The molecule has 0 aromatic rings. The predicted octanol–water partition coefficient (Wildman–Crippen LogP) is 0.698. The molecule has 2 fully saturated rings. The van der Waals surface area contributed by atoms with Crippen LogP contribution in [0.15, 0.2) is 0 Å². The van der Waals surface area contributed by atoms with Crippen LogP contribution in [0, 0.1) is 11.8 Å². The molecule has 1 aliphatic carbocycles. The molecule has 2 aliphatic rings. The molecular formula is C13H22N2O3. The molecule has 0 radical (unpaired) electrons. The van der Waals surface area contributed by atoms with E-state index in [4.69, 9.17) is 0 Å². The van der Waals surface area contributed by atoms with Gasteiger partial charge in [0, 0.05) is 13.5 Å². The van der Waals surface area contributed by atoms with Crippen molar-refractivity contribution in [2.24, 2.45) is 11.8 Å². The number of amides is 1. The van der Waals surface area contributed by atoms with E-state index in [1.54, 1.807) is 0 Å². The number of nitrogens with one attached hydrogen (secondary N) is 1. The highest BCUT2D eigenvalue weighted by Crippen LogP contribution is 2.36. The van der Waals surface area contributed by atoms with E-state index >= 15 is 0 Å². The Labute approximate surface area is 108 Å². The van der Waals surface area contributed by atoms with E-state index in [1.807, 2.05) is 0 Å². The van der Waals surface area contributed by atoms with E-state index in [2.05, 4.69) is 10.2 Å². The highest BCUT2D eigenvalue weighted by molar-refractivity contribution is 5.74. The summed E-state index contributed by atoms with van der Waals surface area (Å²) >= 11 is 0. The molecule has 0 bridgehead atoms. The van der Waals surface area contributed by atoms with E-state index in [0.717, 1.165) is 45.3 Å². The lowest BCUT2D eigenvalue weighted by molar-refractivity contribution is -0.144. The molecule has 0 aromatic carbocycles. The Morgan fingerprint density at radius 1 is 1.28 bits per heavy atom. The Morgan fingerprint density at radius 2 is 1.89 bits per heavy atom. The predicted molar refractivity (Wildman–Crippen MR) is 67.1 cm³/mol. The number of piperidine rings is 1. The van der Waals surface area contributed by atoms with Crippen molar-refractivity contribution in [1.29, 1.82) is 0 Å². The Hall–Kier alpha value is -1.10. The summed E-state index contributed by atoms with van der Waals surface area (Å²) in [6, 6.07) is -0.272. The number of hydrogen-bond donors (Lipinski definition) is 2. The second-order valence-electron chi connectivity index (χ2n) is 5.54. The first-order valence-electron chi connectivity index (χ1n) is 6.79. The van der Waals surface area contributed by atoms with Crippen LogP contribution in [-0.4, -0.2) is 47.6 Å². The van der Waals surface area contributed by atoms with Gasteiger partial charge in [-0.05, 0) is 50.6 Å². The van der Waals surface area contributed by atoms with Crippen molar-refractivity contribution < 1.29 is 14.7 Å². The lowest BCUT2D eigenvalue weighted by Crippen LogP contribution is -2.48. The fourth-order valence-electron chi connectivity index (χ4n) is 2.79. The summed E-state index contributed by atoms with van der Waals surface area (Å²) in [5.41, 5.74) is 0. The minimum absolute atomic E-state index is 0.0128. The summed E-state index contributed by atoms with van der Waals surface area (Å²) in [6.45, 7) is 3.95. The van der Waals surface area contributed by atoms with Crippen LogP contribution in [0.1, 0.15) is 32.6 Å². The second-order valence-corrected chi connectivity index (χ2v) is 5.54. The van der Waals surface area contributed by atoms with Gasteiger partial charge in [0.05, 0.1) is 0 Å². The molecular weight excluding hydrogens is 232 g/mol. The van der Waals surface area contributed by atoms with Gasteiger partial charge < -0.3 is 10.4 Å². The lowest BCUT2D eigenvalue weighted by Gasteiger charge is -2.35. The first-order chi connectivity index (χ1) is 8.58. The highest BCUT2D eigenvalue weighted by Gasteiger charge is 2.41. The largest absolute Gasteiger partial charge is 0.480 e. The molecule has 1 aliphatic heterocycles. The number of carbonyl (C=O) groups is 2. The van der Waals surface area contributed by atoms with E-state index in [9.17, 15) is 14.7 Å². The molecule has 5 heteroatoms. The van der Waals surface area contributed by atoms with Gasteiger partial charge in [-0.15, -0.1) is 0 Å². The average Bonchev–Trinajstić information content (AvgIpc) is 3.12. The van der Waals surface area contributed by atoms with Crippen molar-refractivity contribution in [2.45, 2.75) is 38.6 Å². The van der Waals surface area contributed by atoms with Crippen molar-refractivity contribution in [1.82, 2.24) is 10.2 Å². The molecule has 2 N–H and O–H groups in total. The van der Waals surface area contributed by atoms with Gasteiger partial charge in [0.25, 0.3) is 0 Å². The molecule has 102 valence electrons. The quantitative estimate of drug-likeness (QED) is 0.757. The van der Waals surface area contributed by atoms with Crippen LogP contribution in [0.2, 0.25) is 0 Å². The highest BCUT2D eigenvalue weighted by atomic mass is 16.4. The maximum atomic E-state index is 11.3. The number of nitrogens with zero attached hydrogens (tertiary/aromatic N) is 1. The Kier molecular flexibility index (Phi) is 4.22. The van der Waals surface area contributed by atoms with Gasteiger partial charge in [-0.25, -0.2) is 0 Å². The first kappa shape index (κ1) is 13.3. The molecule has 1 amide bonds. The van der Waals surface area contributed by atoms with Crippen LogP contribution in [0.3, 0.4) is 0 Å². The molecule has 1 saturated heterocycles. The van der Waals surface area contributed by atoms with E-state index in [1.165, 1.54) is 6.92 Å². The van der Waals surface area contributed by atoms with Gasteiger partial charge in [0.1, 0.15) is 6.04 Å². The van der Waals surface area contributed by atoms with Crippen molar-refractivity contribution >= 4 is 11.9 Å². The van der Waals surface area contributed by atoms with Crippen molar-refractivity contribution in [3.63, 3.8) is 0 Å². The minimum Gasteiger partial charge on any atom is -0.480 e. The number of aliphatic carboxylic acids is 1. The Bertz CT molecular complexity index is 320. The minimum atomic E-state index is -0.669. The number of carboxylic acids is 1. The summed E-state index contributed by atoms with van der Waals surface area (Å²) in [5.74, 6) is 0.213.